The Bertz CT molecular complexity index is 449. The molecule has 1 aromatic rings. The van der Waals surface area contributed by atoms with E-state index in [1.807, 2.05) is 0 Å². The molecular formula is C21H37NO2. The molecule has 3 heteroatoms. The first-order chi connectivity index (χ1) is 11.8. The summed E-state index contributed by atoms with van der Waals surface area (Å²) in [7, 11) is 0. The highest BCUT2D eigenvalue weighted by atomic mass is 16.5. The number of aromatic nitrogens is 1. The summed E-state index contributed by atoms with van der Waals surface area (Å²) in [5, 5.41) is 0. The normalized spacial score (nSPS) is 14.0. The van der Waals surface area contributed by atoms with Crippen molar-refractivity contribution in [2.75, 3.05) is 13.2 Å². The highest BCUT2D eigenvalue weighted by Crippen LogP contribution is 2.39. The molecule has 0 saturated carbocycles. The van der Waals surface area contributed by atoms with Crippen LogP contribution in [0, 0.1) is 13.8 Å². The zero-order valence-corrected chi connectivity index (χ0v) is 16.2. The van der Waals surface area contributed by atoms with Crippen LogP contribution in [0.3, 0.4) is 0 Å². The Hall–Kier alpha value is -1.12. The molecule has 0 fully saturated rings. The summed E-state index contributed by atoms with van der Waals surface area (Å²) in [6.07, 6.45) is 14.8. The molecule has 2 rings (SSSR count). The smallest absolute Gasteiger partial charge is 0.182 e. The van der Waals surface area contributed by atoms with E-state index in [1.54, 1.807) is 0 Å². The Morgan fingerprint density at radius 1 is 0.708 bits per heavy atom. The minimum absolute atomic E-state index is 0.773. The third-order valence-electron chi connectivity index (χ3n) is 5.19. The molecule has 0 atom stereocenters. The van der Waals surface area contributed by atoms with Crippen LogP contribution in [0.25, 0.3) is 0 Å². The van der Waals surface area contributed by atoms with Gasteiger partial charge in [0.1, 0.15) is 0 Å². The molecule has 0 amide bonds. The maximum absolute atomic E-state index is 5.89. The lowest BCUT2D eigenvalue weighted by Crippen LogP contribution is -2.06. The zero-order chi connectivity index (χ0) is 17.2. The molecule has 24 heavy (non-hydrogen) atoms. The third-order valence-corrected chi connectivity index (χ3v) is 5.19. The maximum atomic E-state index is 5.89. The van der Waals surface area contributed by atoms with Crippen molar-refractivity contribution in [2.45, 2.75) is 97.9 Å². The first-order valence-electron chi connectivity index (χ1n) is 10.2. The first kappa shape index (κ1) is 19.2. The minimum Gasteiger partial charge on any atom is -0.488 e. The van der Waals surface area contributed by atoms with Crippen molar-refractivity contribution in [3.05, 3.63) is 11.4 Å². The van der Waals surface area contributed by atoms with Crippen molar-refractivity contribution in [2.24, 2.45) is 0 Å². The highest BCUT2D eigenvalue weighted by Gasteiger charge is 2.22. The SMILES string of the molecule is CCCCCCCCCCCCn1c(C)c2c(c1C)OCCCO2. The number of fused-ring (bicyclic) bond motifs is 1. The monoisotopic (exact) mass is 335 g/mol. The fourth-order valence-corrected chi connectivity index (χ4v) is 3.67. The first-order valence-corrected chi connectivity index (χ1v) is 10.2. The average Bonchev–Trinajstić information content (AvgIpc) is 2.77. The molecule has 1 aliphatic rings. The van der Waals surface area contributed by atoms with Gasteiger partial charge in [0, 0.05) is 13.0 Å². The largest absolute Gasteiger partial charge is 0.488 e. The predicted molar refractivity (Wildman–Crippen MR) is 101 cm³/mol. The van der Waals surface area contributed by atoms with E-state index in [2.05, 4.69) is 25.3 Å². The van der Waals surface area contributed by atoms with Gasteiger partial charge in [-0.2, -0.15) is 0 Å². The maximum Gasteiger partial charge on any atom is 0.182 e. The van der Waals surface area contributed by atoms with Crippen LogP contribution in [0.2, 0.25) is 0 Å². The van der Waals surface area contributed by atoms with Crippen LogP contribution in [0.1, 0.15) is 88.9 Å². The van der Waals surface area contributed by atoms with E-state index in [0.29, 0.717) is 0 Å². The summed E-state index contributed by atoms with van der Waals surface area (Å²) in [5.74, 6) is 1.97. The number of hydrogen-bond donors (Lipinski definition) is 0. The van der Waals surface area contributed by atoms with Crippen LogP contribution < -0.4 is 9.47 Å². The van der Waals surface area contributed by atoms with Crippen LogP contribution in [0.5, 0.6) is 11.5 Å². The molecule has 0 aliphatic carbocycles. The number of ether oxygens (including phenoxy) is 2. The van der Waals surface area contributed by atoms with Crippen LogP contribution in [0.4, 0.5) is 0 Å². The van der Waals surface area contributed by atoms with Crippen molar-refractivity contribution in [3.8, 4) is 11.5 Å². The van der Waals surface area contributed by atoms with Gasteiger partial charge in [0.05, 0.1) is 24.6 Å². The number of unbranched alkanes of at least 4 members (excludes halogenated alkanes) is 9. The lowest BCUT2D eigenvalue weighted by molar-refractivity contribution is 0.291. The minimum atomic E-state index is 0.773. The molecule has 0 N–H and O–H groups in total. The second-order valence-electron chi connectivity index (χ2n) is 7.21. The van der Waals surface area contributed by atoms with Crippen LogP contribution >= 0.6 is 0 Å². The molecule has 0 bridgehead atoms. The van der Waals surface area contributed by atoms with Crippen molar-refractivity contribution in [1.29, 1.82) is 0 Å². The van der Waals surface area contributed by atoms with Gasteiger partial charge >= 0.3 is 0 Å². The second-order valence-corrected chi connectivity index (χ2v) is 7.21. The number of nitrogens with zero attached hydrogens (tertiary/aromatic N) is 1. The Morgan fingerprint density at radius 2 is 1.17 bits per heavy atom. The van der Waals surface area contributed by atoms with Crippen LogP contribution in [-0.4, -0.2) is 17.8 Å². The highest BCUT2D eigenvalue weighted by molar-refractivity contribution is 5.50. The summed E-state index contributed by atoms with van der Waals surface area (Å²) >= 11 is 0. The average molecular weight is 336 g/mol. The molecule has 0 spiro atoms. The lowest BCUT2D eigenvalue weighted by Gasteiger charge is -2.10. The van der Waals surface area contributed by atoms with Gasteiger partial charge in [0.2, 0.25) is 0 Å². The van der Waals surface area contributed by atoms with Gasteiger partial charge in [-0.05, 0) is 20.3 Å². The quantitative estimate of drug-likeness (QED) is 0.450. The van der Waals surface area contributed by atoms with Crippen molar-refractivity contribution in [3.63, 3.8) is 0 Å². The van der Waals surface area contributed by atoms with Gasteiger partial charge in [-0.25, -0.2) is 0 Å². The van der Waals surface area contributed by atoms with Gasteiger partial charge in [-0.1, -0.05) is 64.7 Å². The van der Waals surface area contributed by atoms with E-state index in [1.165, 1.54) is 75.6 Å². The molecule has 0 unspecified atom stereocenters. The summed E-state index contributed by atoms with van der Waals surface area (Å²) in [4.78, 5) is 0. The molecule has 1 aliphatic heterocycles. The second kappa shape index (κ2) is 10.7. The topological polar surface area (TPSA) is 23.4 Å². The van der Waals surface area contributed by atoms with E-state index < -0.39 is 0 Å². The Labute approximate surface area is 148 Å². The lowest BCUT2D eigenvalue weighted by atomic mass is 10.1. The van der Waals surface area contributed by atoms with E-state index in [9.17, 15) is 0 Å². The van der Waals surface area contributed by atoms with Gasteiger partial charge < -0.3 is 14.0 Å². The van der Waals surface area contributed by atoms with E-state index in [-0.39, 0.29) is 0 Å². The molecule has 0 saturated heterocycles. The molecule has 1 aromatic heterocycles. The van der Waals surface area contributed by atoms with Gasteiger partial charge in [-0.3, -0.25) is 0 Å². The Balaban J connectivity index is 1.64. The summed E-state index contributed by atoms with van der Waals surface area (Å²) in [6.45, 7) is 9.25. The van der Waals surface area contributed by atoms with Crippen LogP contribution in [0.15, 0.2) is 0 Å². The molecule has 2 heterocycles. The fraction of sp³-hybridized carbons (Fsp3) is 0.810. The van der Waals surface area contributed by atoms with Gasteiger partial charge in [-0.15, -0.1) is 0 Å². The predicted octanol–water partition coefficient (Wildman–Crippen LogP) is 6.19. The number of rotatable bonds is 11. The standard InChI is InChI=1S/C21H37NO2/c1-4-5-6-7-8-9-10-11-12-13-15-22-18(2)20-21(19(22)3)24-17-14-16-23-20/h4-17H2,1-3H3. The van der Waals surface area contributed by atoms with Gasteiger partial charge in [0.15, 0.2) is 11.5 Å². The summed E-state index contributed by atoms with van der Waals surface area (Å²) in [5.41, 5.74) is 2.47. The number of hydrogen-bond acceptors (Lipinski definition) is 2. The van der Waals surface area contributed by atoms with Crippen molar-refractivity contribution >= 4 is 0 Å². The van der Waals surface area contributed by atoms with Crippen molar-refractivity contribution in [1.82, 2.24) is 4.57 Å². The summed E-state index contributed by atoms with van der Waals surface area (Å²) in [6, 6.07) is 0. The van der Waals surface area contributed by atoms with Crippen molar-refractivity contribution < 1.29 is 9.47 Å². The molecule has 0 radical (unpaired) electrons. The molecule has 0 aromatic carbocycles. The summed E-state index contributed by atoms with van der Waals surface area (Å²) < 4.78 is 14.2. The Kier molecular flexibility index (Phi) is 8.55. The van der Waals surface area contributed by atoms with Crippen LogP contribution in [-0.2, 0) is 6.54 Å². The fourth-order valence-electron chi connectivity index (χ4n) is 3.67. The zero-order valence-electron chi connectivity index (χ0n) is 16.2. The molecule has 3 nitrogen and oxygen atoms in total. The Morgan fingerprint density at radius 3 is 1.67 bits per heavy atom. The molecule has 138 valence electrons. The van der Waals surface area contributed by atoms with E-state index >= 15 is 0 Å². The van der Waals surface area contributed by atoms with E-state index in [0.717, 1.165) is 37.7 Å². The van der Waals surface area contributed by atoms with E-state index in [4.69, 9.17) is 9.47 Å². The molecular weight excluding hydrogens is 298 g/mol. The van der Waals surface area contributed by atoms with Gasteiger partial charge in [0.25, 0.3) is 0 Å². The third kappa shape index (κ3) is 5.46.